The molecule has 0 aliphatic carbocycles. The van der Waals surface area contributed by atoms with Gasteiger partial charge in [-0.2, -0.15) is 5.10 Å². The molecule has 9 nitrogen and oxygen atoms in total. The molecule has 0 spiro atoms. The van der Waals surface area contributed by atoms with Gasteiger partial charge in [0, 0.05) is 17.9 Å². The number of aryl methyl sites for hydroxylation is 1. The molecule has 1 aromatic heterocycles. The molecule has 0 saturated carbocycles. The second-order valence-electron chi connectivity index (χ2n) is 5.09. The van der Waals surface area contributed by atoms with Crippen LogP contribution in [-0.4, -0.2) is 55.4 Å². The van der Waals surface area contributed by atoms with Gasteiger partial charge >= 0.3 is 6.16 Å². The predicted molar refractivity (Wildman–Crippen MR) is 83.1 cm³/mol. The van der Waals surface area contributed by atoms with Gasteiger partial charge in [0.05, 0.1) is 12.5 Å². The minimum atomic E-state index is -0.898. The Morgan fingerprint density at radius 1 is 1.54 bits per heavy atom. The van der Waals surface area contributed by atoms with Crippen LogP contribution in [-0.2, 0) is 20.8 Å². The minimum Gasteiger partial charge on any atom is -0.430 e. The van der Waals surface area contributed by atoms with E-state index in [1.54, 1.807) is 11.0 Å². The first-order chi connectivity index (χ1) is 11.7. The molecule has 0 radical (unpaired) electrons. The van der Waals surface area contributed by atoms with E-state index >= 15 is 0 Å². The van der Waals surface area contributed by atoms with Gasteiger partial charge in [-0.3, -0.25) is 14.4 Å². The molecule has 0 bridgehead atoms. The maximum Gasteiger partial charge on any atom is 0.515 e. The zero-order chi connectivity index (χ0) is 17.1. The molecule has 2 aliphatic heterocycles. The molecule has 2 aliphatic rings. The molecule has 3 heterocycles. The normalized spacial score (nSPS) is 22.2. The molecule has 1 fully saturated rings. The Labute approximate surface area is 141 Å². The molecular weight excluding hydrogens is 336 g/mol. The van der Waals surface area contributed by atoms with E-state index in [9.17, 15) is 14.7 Å². The maximum absolute atomic E-state index is 12.1. The fourth-order valence-electron chi connectivity index (χ4n) is 2.44. The number of nitrogens with zero attached hydrogens (tertiary/aromatic N) is 4. The standard InChI is InChI=1S/C14H16N4O5S/c1-2-5-22-14(21)23-12-10(3-4-17-8-15-7-16-17)24-13-9(6-19)11(20)18(12)13/h2,7-9,13,19H,1,3-6H2/t9-,13+/m0/s1. The van der Waals surface area contributed by atoms with E-state index in [1.807, 2.05) is 0 Å². The highest BCUT2D eigenvalue weighted by atomic mass is 32.2. The number of aliphatic hydroxyl groups excluding tert-OH is 1. The summed E-state index contributed by atoms with van der Waals surface area (Å²) in [5.74, 6) is -0.576. The van der Waals surface area contributed by atoms with Crippen molar-refractivity contribution in [3.05, 3.63) is 36.1 Å². The van der Waals surface area contributed by atoms with Gasteiger partial charge in [0.1, 0.15) is 24.6 Å². The first kappa shape index (κ1) is 16.5. The number of carbonyl (C=O) groups is 2. The maximum atomic E-state index is 12.1. The summed E-state index contributed by atoms with van der Waals surface area (Å²) in [4.78, 5) is 29.8. The number of ether oxygens (including phenoxy) is 2. The highest BCUT2D eigenvalue weighted by Gasteiger charge is 2.55. The van der Waals surface area contributed by atoms with Gasteiger partial charge in [-0.1, -0.05) is 24.4 Å². The van der Waals surface area contributed by atoms with Gasteiger partial charge < -0.3 is 14.6 Å². The molecule has 1 saturated heterocycles. The highest BCUT2D eigenvalue weighted by molar-refractivity contribution is 8.04. The molecule has 0 unspecified atom stereocenters. The number of allylic oxidation sites excluding steroid dienone is 1. The quantitative estimate of drug-likeness (QED) is 0.434. The summed E-state index contributed by atoms with van der Waals surface area (Å²) in [7, 11) is 0. The second-order valence-corrected chi connectivity index (χ2v) is 6.31. The molecule has 3 rings (SSSR count). The van der Waals surface area contributed by atoms with Crippen LogP contribution in [0.25, 0.3) is 0 Å². The van der Waals surface area contributed by atoms with E-state index in [-0.39, 0.29) is 30.4 Å². The Bertz CT molecular complexity index is 675. The largest absolute Gasteiger partial charge is 0.515 e. The van der Waals surface area contributed by atoms with E-state index in [0.717, 1.165) is 4.91 Å². The van der Waals surface area contributed by atoms with E-state index in [2.05, 4.69) is 16.7 Å². The van der Waals surface area contributed by atoms with Crippen LogP contribution in [0.5, 0.6) is 0 Å². The van der Waals surface area contributed by atoms with Crippen molar-refractivity contribution in [3.63, 3.8) is 0 Å². The van der Waals surface area contributed by atoms with Gasteiger partial charge in [0.2, 0.25) is 11.8 Å². The summed E-state index contributed by atoms with van der Waals surface area (Å²) >= 11 is 1.40. The Hall–Kier alpha value is -2.33. The van der Waals surface area contributed by atoms with Crippen molar-refractivity contribution in [2.75, 3.05) is 13.2 Å². The van der Waals surface area contributed by atoms with Crippen LogP contribution in [0, 0.1) is 5.92 Å². The molecule has 2 atom stereocenters. The topological polar surface area (TPSA) is 107 Å². The number of carbonyl (C=O) groups excluding carboxylic acids is 2. The second kappa shape index (κ2) is 7.05. The van der Waals surface area contributed by atoms with Crippen LogP contribution < -0.4 is 0 Å². The van der Waals surface area contributed by atoms with Crippen LogP contribution in [0.1, 0.15) is 6.42 Å². The number of amides is 1. The Balaban J connectivity index is 1.73. The van der Waals surface area contributed by atoms with Crippen molar-refractivity contribution in [3.8, 4) is 0 Å². The third-order valence-electron chi connectivity index (χ3n) is 3.60. The number of hydrogen-bond donors (Lipinski definition) is 1. The third kappa shape index (κ3) is 3.02. The zero-order valence-electron chi connectivity index (χ0n) is 12.7. The number of fused-ring (bicyclic) bond motifs is 1. The van der Waals surface area contributed by atoms with E-state index in [1.165, 1.54) is 29.1 Å². The number of thioether (sulfide) groups is 1. The van der Waals surface area contributed by atoms with Crippen LogP contribution in [0.3, 0.4) is 0 Å². The van der Waals surface area contributed by atoms with E-state index in [0.29, 0.717) is 13.0 Å². The fourth-order valence-corrected chi connectivity index (χ4v) is 3.86. The third-order valence-corrected chi connectivity index (χ3v) is 5.05. The number of rotatable bonds is 7. The van der Waals surface area contributed by atoms with Crippen molar-refractivity contribution in [1.29, 1.82) is 0 Å². The summed E-state index contributed by atoms with van der Waals surface area (Å²) < 4.78 is 11.7. The molecule has 1 amide bonds. The Kier molecular flexibility index (Phi) is 4.86. The average Bonchev–Trinajstić information content (AvgIpc) is 3.18. The number of aromatic nitrogens is 3. The first-order valence-electron chi connectivity index (χ1n) is 7.27. The van der Waals surface area contributed by atoms with Crippen molar-refractivity contribution in [2.45, 2.75) is 18.3 Å². The summed E-state index contributed by atoms with van der Waals surface area (Å²) in [5.41, 5.74) is 0. The van der Waals surface area contributed by atoms with Crippen molar-refractivity contribution >= 4 is 23.8 Å². The van der Waals surface area contributed by atoms with Gasteiger partial charge in [-0.15, -0.1) is 0 Å². The molecule has 1 aromatic rings. The number of aliphatic hydroxyl groups is 1. The lowest BCUT2D eigenvalue weighted by Gasteiger charge is -2.40. The Morgan fingerprint density at radius 2 is 2.38 bits per heavy atom. The van der Waals surface area contributed by atoms with E-state index < -0.39 is 12.1 Å². The minimum absolute atomic E-state index is 0.0180. The van der Waals surface area contributed by atoms with Crippen LogP contribution in [0.2, 0.25) is 0 Å². The number of β-lactam (4-membered cyclic amide) rings is 1. The van der Waals surface area contributed by atoms with Crippen molar-refractivity contribution < 1.29 is 24.2 Å². The summed E-state index contributed by atoms with van der Waals surface area (Å²) in [6, 6.07) is 0. The molecule has 0 aromatic carbocycles. The van der Waals surface area contributed by atoms with Crippen LogP contribution in [0.4, 0.5) is 4.79 Å². The van der Waals surface area contributed by atoms with Crippen molar-refractivity contribution in [1.82, 2.24) is 19.7 Å². The average molecular weight is 352 g/mol. The molecule has 128 valence electrons. The van der Waals surface area contributed by atoms with Crippen LogP contribution >= 0.6 is 11.8 Å². The van der Waals surface area contributed by atoms with Gasteiger partial charge in [0.25, 0.3) is 0 Å². The van der Waals surface area contributed by atoms with Crippen LogP contribution in [0.15, 0.2) is 36.1 Å². The Morgan fingerprint density at radius 3 is 3.04 bits per heavy atom. The smallest absolute Gasteiger partial charge is 0.430 e. The van der Waals surface area contributed by atoms with Gasteiger partial charge in [-0.25, -0.2) is 9.78 Å². The molecule has 1 N–H and O–H groups in total. The fraction of sp³-hybridized carbons (Fsp3) is 0.429. The first-order valence-corrected chi connectivity index (χ1v) is 8.15. The molecular formula is C14H16N4O5S. The monoisotopic (exact) mass is 352 g/mol. The predicted octanol–water partition coefficient (Wildman–Crippen LogP) is 0.700. The SMILES string of the molecule is C=CCOC(=O)OC1=C(CCn2cncn2)S[C@@H]2[C@@H](CO)C(=O)N12. The lowest BCUT2D eigenvalue weighted by molar-refractivity contribution is -0.152. The lowest BCUT2D eigenvalue weighted by atomic mass is 10.00. The molecule has 10 heteroatoms. The number of hydrogen-bond acceptors (Lipinski definition) is 8. The molecule has 24 heavy (non-hydrogen) atoms. The van der Waals surface area contributed by atoms with E-state index in [4.69, 9.17) is 9.47 Å². The lowest BCUT2D eigenvalue weighted by Crippen LogP contribution is -2.58. The summed E-state index contributed by atoms with van der Waals surface area (Å²) in [6.07, 6.45) is 4.04. The van der Waals surface area contributed by atoms with Gasteiger partial charge in [0.15, 0.2) is 0 Å². The summed E-state index contributed by atoms with van der Waals surface area (Å²) in [5, 5.41) is 13.1. The summed E-state index contributed by atoms with van der Waals surface area (Å²) in [6.45, 7) is 3.75. The van der Waals surface area contributed by atoms with Gasteiger partial charge in [-0.05, 0) is 0 Å². The highest BCUT2D eigenvalue weighted by Crippen LogP contribution is 2.50. The van der Waals surface area contributed by atoms with Crippen molar-refractivity contribution in [2.24, 2.45) is 5.92 Å². The zero-order valence-corrected chi connectivity index (χ0v) is 13.5.